The Bertz CT molecular complexity index is 432. The zero-order chi connectivity index (χ0) is 13.5. The van der Waals surface area contributed by atoms with E-state index in [2.05, 4.69) is 16.0 Å². The van der Waals surface area contributed by atoms with E-state index >= 15 is 0 Å². The summed E-state index contributed by atoms with van der Waals surface area (Å²) in [7, 11) is 0. The normalized spacial score (nSPS) is 11.5. The number of carbonyl (C=O) groups excluding carboxylic acids is 2. The highest BCUT2D eigenvalue weighted by molar-refractivity contribution is 5.92. The van der Waals surface area contributed by atoms with Crippen LogP contribution in [0.25, 0.3) is 0 Å². The van der Waals surface area contributed by atoms with E-state index in [0.29, 0.717) is 11.4 Å². The van der Waals surface area contributed by atoms with Gasteiger partial charge < -0.3 is 16.0 Å². The molecule has 0 unspecified atom stereocenters. The maximum Gasteiger partial charge on any atom is 0.319 e. The molecule has 0 heterocycles. The van der Waals surface area contributed by atoms with Crippen molar-refractivity contribution in [3.05, 3.63) is 24.3 Å². The SMILES string of the molecule is CC[C@H](C)NC(=O)Nc1cccc(NC(C)=O)c1. The number of anilines is 2. The van der Waals surface area contributed by atoms with Crippen molar-refractivity contribution in [1.29, 1.82) is 0 Å². The van der Waals surface area contributed by atoms with Crippen molar-refractivity contribution >= 4 is 23.3 Å². The Morgan fingerprint density at radius 3 is 2.39 bits per heavy atom. The summed E-state index contributed by atoms with van der Waals surface area (Å²) in [6.07, 6.45) is 0.874. The maximum absolute atomic E-state index is 11.6. The molecule has 0 aliphatic rings. The van der Waals surface area contributed by atoms with E-state index in [1.54, 1.807) is 24.3 Å². The first kappa shape index (κ1) is 14.0. The number of benzene rings is 1. The second kappa shape index (κ2) is 6.64. The Morgan fingerprint density at radius 1 is 1.22 bits per heavy atom. The summed E-state index contributed by atoms with van der Waals surface area (Å²) >= 11 is 0. The van der Waals surface area contributed by atoms with Gasteiger partial charge >= 0.3 is 6.03 Å². The Hall–Kier alpha value is -2.04. The summed E-state index contributed by atoms with van der Waals surface area (Å²) in [5.41, 5.74) is 1.30. The van der Waals surface area contributed by atoms with E-state index in [-0.39, 0.29) is 18.0 Å². The van der Waals surface area contributed by atoms with Crippen LogP contribution in [-0.2, 0) is 4.79 Å². The summed E-state index contributed by atoms with van der Waals surface area (Å²) in [6.45, 7) is 5.38. The van der Waals surface area contributed by atoms with Crippen molar-refractivity contribution < 1.29 is 9.59 Å². The predicted molar refractivity (Wildman–Crippen MR) is 72.7 cm³/mol. The lowest BCUT2D eigenvalue weighted by Gasteiger charge is -2.13. The van der Waals surface area contributed by atoms with Crippen LogP contribution in [0.4, 0.5) is 16.2 Å². The largest absolute Gasteiger partial charge is 0.335 e. The van der Waals surface area contributed by atoms with Crippen molar-refractivity contribution in [3.8, 4) is 0 Å². The lowest BCUT2D eigenvalue weighted by molar-refractivity contribution is -0.114. The van der Waals surface area contributed by atoms with Crippen LogP contribution in [0.2, 0.25) is 0 Å². The van der Waals surface area contributed by atoms with E-state index in [1.165, 1.54) is 6.92 Å². The van der Waals surface area contributed by atoms with Gasteiger partial charge in [-0.2, -0.15) is 0 Å². The Balaban J connectivity index is 2.61. The number of hydrogen-bond acceptors (Lipinski definition) is 2. The topological polar surface area (TPSA) is 70.2 Å². The zero-order valence-corrected chi connectivity index (χ0v) is 10.9. The molecule has 0 spiro atoms. The first-order chi connectivity index (χ1) is 8.51. The second-order valence-electron chi connectivity index (χ2n) is 4.17. The first-order valence-corrected chi connectivity index (χ1v) is 5.96. The van der Waals surface area contributed by atoms with Crippen LogP contribution < -0.4 is 16.0 Å². The molecule has 0 saturated carbocycles. The molecular weight excluding hydrogens is 230 g/mol. The molecule has 0 bridgehead atoms. The molecule has 0 fully saturated rings. The molecule has 0 aromatic heterocycles. The van der Waals surface area contributed by atoms with Gasteiger partial charge in [-0.1, -0.05) is 13.0 Å². The molecule has 0 radical (unpaired) electrons. The minimum Gasteiger partial charge on any atom is -0.335 e. The summed E-state index contributed by atoms with van der Waals surface area (Å²) < 4.78 is 0. The smallest absolute Gasteiger partial charge is 0.319 e. The third kappa shape index (κ3) is 4.86. The third-order valence-corrected chi connectivity index (χ3v) is 2.43. The molecule has 0 saturated heterocycles. The fraction of sp³-hybridized carbons (Fsp3) is 0.385. The highest BCUT2D eigenvalue weighted by atomic mass is 16.2. The minimum atomic E-state index is -0.246. The fourth-order valence-electron chi connectivity index (χ4n) is 1.37. The predicted octanol–water partition coefficient (Wildman–Crippen LogP) is 2.57. The number of rotatable bonds is 4. The van der Waals surface area contributed by atoms with Gasteiger partial charge in [0.1, 0.15) is 0 Å². The molecule has 5 nitrogen and oxygen atoms in total. The monoisotopic (exact) mass is 249 g/mol. The second-order valence-corrected chi connectivity index (χ2v) is 4.17. The molecule has 0 aliphatic carbocycles. The molecule has 5 heteroatoms. The van der Waals surface area contributed by atoms with Crippen molar-refractivity contribution in [2.75, 3.05) is 10.6 Å². The molecular formula is C13H19N3O2. The number of urea groups is 1. The number of carbonyl (C=O) groups is 2. The Kier molecular flexibility index (Phi) is 5.17. The molecule has 1 rings (SSSR count). The van der Waals surface area contributed by atoms with Gasteiger partial charge in [0.2, 0.25) is 5.91 Å². The molecule has 98 valence electrons. The van der Waals surface area contributed by atoms with Crippen molar-refractivity contribution in [1.82, 2.24) is 5.32 Å². The van der Waals surface area contributed by atoms with E-state index in [4.69, 9.17) is 0 Å². The van der Waals surface area contributed by atoms with Gasteiger partial charge in [-0.05, 0) is 31.5 Å². The average Bonchev–Trinajstić information content (AvgIpc) is 2.28. The standard InChI is InChI=1S/C13H19N3O2/c1-4-9(2)14-13(18)16-12-7-5-6-11(8-12)15-10(3)17/h5-9H,4H2,1-3H3,(H,15,17)(H2,14,16,18)/t9-/m0/s1. The highest BCUT2D eigenvalue weighted by Gasteiger charge is 2.05. The van der Waals surface area contributed by atoms with Crippen LogP contribution in [0.5, 0.6) is 0 Å². The Labute approximate surface area is 107 Å². The summed E-state index contributed by atoms with van der Waals surface area (Å²) in [5, 5.41) is 8.18. The highest BCUT2D eigenvalue weighted by Crippen LogP contribution is 2.14. The quantitative estimate of drug-likeness (QED) is 0.767. The number of hydrogen-bond donors (Lipinski definition) is 3. The van der Waals surface area contributed by atoms with Crippen LogP contribution in [0.3, 0.4) is 0 Å². The molecule has 18 heavy (non-hydrogen) atoms. The van der Waals surface area contributed by atoms with Crippen LogP contribution >= 0.6 is 0 Å². The van der Waals surface area contributed by atoms with Crippen molar-refractivity contribution in [2.24, 2.45) is 0 Å². The summed E-state index contributed by atoms with van der Waals surface area (Å²) in [5.74, 6) is -0.142. The molecule has 1 aromatic carbocycles. The lowest BCUT2D eigenvalue weighted by atomic mass is 10.2. The minimum absolute atomic E-state index is 0.128. The summed E-state index contributed by atoms with van der Waals surface area (Å²) in [6, 6.07) is 6.88. The van der Waals surface area contributed by atoms with Gasteiger partial charge in [0.15, 0.2) is 0 Å². The van der Waals surface area contributed by atoms with E-state index in [0.717, 1.165) is 6.42 Å². The van der Waals surface area contributed by atoms with E-state index in [9.17, 15) is 9.59 Å². The number of nitrogens with one attached hydrogen (secondary N) is 3. The lowest BCUT2D eigenvalue weighted by Crippen LogP contribution is -2.35. The van der Waals surface area contributed by atoms with E-state index < -0.39 is 0 Å². The van der Waals surface area contributed by atoms with Crippen LogP contribution in [0, 0.1) is 0 Å². The first-order valence-electron chi connectivity index (χ1n) is 5.96. The molecule has 3 N–H and O–H groups in total. The van der Waals surface area contributed by atoms with Gasteiger partial charge in [-0.3, -0.25) is 4.79 Å². The molecule has 3 amide bonds. The van der Waals surface area contributed by atoms with Gasteiger partial charge in [0.25, 0.3) is 0 Å². The third-order valence-electron chi connectivity index (χ3n) is 2.43. The van der Waals surface area contributed by atoms with E-state index in [1.807, 2.05) is 13.8 Å². The molecule has 0 aliphatic heterocycles. The van der Waals surface area contributed by atoms with Crippen LogP contribution in [0.1, 0.15) is 27.2 Å². The van der Waals surface area contributed by atoms with Crippen molar-refractivity contribution in [2.45, 2.75) is 33.2 Å². The Morgan fingerprint density at radius 2 is 1.83 bits per heavy atom. The zero-order valence-electron chi connectivity index (χ0n) is 10.9. The summed E-state index contributed by atoms with van der Waals surface area (Å²) in [4.78, 5) is 22.5. The van der Waals surface area contributed by atoms with Crippen LogP contribution in [0.15, 0.2) is 24.3 Å². The average molecular weight is 249 g/mol. The number of amides is 3. The van der Waals surface area contributed by atoms with Gasteiger partial charge in [-0.25, -0.2) is 4.79 Å². The maximum atomic E-state index is 11.6. The van der Waals surface area contributed by atoms with Gasteiger partial charge in [-0.15, -0.1) is 0 Å². The molecule has 1 aromatic rings. The van der Waals surface area contributed by atoms with Crippen molar-refractivity contribution in [3.63, 3.8) is 0 Å². The fourth-order valence-corrected chi connectivity index (χ4v) is 1.37. The molecule has 1 atom stereocenters. The van der Waals surface area contributed by atoms with Gasteiger partial charge in [0, 0.05) is 24.3 Å². The van der Waals surface area contributed by atoms with Gasteiger partial charge in [0.05, 0.1) is 0 Å². The van der Waals surface area contributed by atoms with Crippen LogP contribution in [-0.4, -0.2) is 18.0 Å².